The summed E-state index contributed by atoms with van der Waals surface area (Å²) in [5, 5.41) is 14.2. The molecule has 2 aliphatic carbocycles. The highest BCUT2D eigenvalue weighted by molar-refractivity contribution is 5.61. The fraction of sp³-hybridized carbons (Fsp3) is 0.667. The summed E-state index contributed by atoms with van der Waals surface area (Å²) in [4.78, 5) is 18.3. The molecule has 0 spiro atoms. The smallest absolute Gasteiger partial charge is 0.372 e. The normalized spacial score (nSPS) is 19.8. The highest BCUT2D eigenvalue weighted by atomic mass is 16.6. The van der Waals surface area contributed by atoms with Gasteiger partial charge in [0.1, 0.15) is 6.33 Å². The van der Waals surface area contributed by atoms with E-state index in [-0.39, 0.29) is 17.4 Å². The van der Waals surface area contributed by atoms with E-state index in [4.69, 9.17) is 4.74 Å². The molecule has 2 fully saturated rings. The van der Waals surface area contributed by atoms with Crippen LogP contribution in [0.4, 0.5) is 11.5 Å². The molecule has 0 amide bonds. The Hall–Kier alpha value is -1.92. The standard InChI is InChI=1S/C12H16N4O3/c1-19-11-9(16(17)18)10(14-7-15-11)13-6-12(4-5-12)8-2-3-8/h7-8H,2-6H2,1H3,(H,13,14,15). The van der Waals surface area contributed by atoms with E-state index in [2.05, 4.69) is 15.3 Å². The molecule has 2 aliphatic rings. The van der Waals surface area contributed by atoms with Crippen LogP contribution >= 0.6 is 0 Å². The van der Waals surface area contributed by atoms with Crippen molar-refractivity contribution in [3.8, 4) is 5.88 Å². The Morgan fingerprint density at radius 3 is 2.79 bits per heavy atom. The second-order valence-electron chi connectivity index (χ2n) is 5.33. The van der Waals surface area contributed by atoms with Gasteiger partial charge in [-0.15, -0.1) is 0 Å². The molecule has 0 unspecified atom stereocenters. The van der Waals surface area contributed by atoms with Gasteiger partial charge in [0, 0.05) is 6.54 Å². The molecule has 19 heavy (non-hydrogen) atoms. The molecule has 0 bridgehead atoms. The molecule has 0 aliphatic heterocycles. The topological polar surface area (TPSA) is 90.2 Å². The average Bonchev–Trinajstić information content (AvgIpc) is 3.27. The lowest BCUT2D eigenvalue weighted by Crippen LogP contribution is -2.19. The van der Waals surface area contributed by atoms with Crippen LogP contribution in [0.3, 0.4) is 0 Å². The van der Waals surface area contributed by atoms with E-state index in [1.54, 1.807) is 0 Å². The first-order valence-corrected chi connectivity index (χ1v) is 6.43. The zero-order valence-corrected chi connectivity index (χ0v) is 10.8. The first kappa shape index (κ1) is 12.1. The van der Waals surface area contributed by atoms with Gasteiger partial charge >= 0.3 is 5.69 Å². The molecule has 0 radical (unpaired) electrons. The lowest BCUT2D eigenvalue weighted by atomic mass is 10.0. The number of nitrogens with one attached hydrogen (secondary N) is 1. The number of hydrogen-bond acceptors (Lipinski definition) is 6. The number of methoxy groups -OCH3 is 1. The van der Waals surface area contributed by atoms with Crippen molar-refractivity contribution in [3.63, 3.8) is 0 Å². The van der Waals surface area contributed by atoms with Crippen molar-refractivity contribution >= 4 is 11.5 Å². The Balaban J connectivity index is 1.78. The van der Waals surface area contributed by atoms with E-state index in [9.17, 15) is 10.1 Å². The molecule has 1 heterocycles. The minimum atomic E-state index is -0.502. The number of nitrogens with zero attached hydrogens (tertiary/aromatic N) is 3. The maximum atomic E-state index is 11.1. The molecule has 0 saturated heterocycles. The summed E-state index contributed by atoms with van der Waals surface area (Å²) in [6, 6.07) is 0. The number of nitro groups is 1. The maximum Gasteiger partial charge on any atom is 0.372 e. The molecule has 0 atom stereocenters. The molecule has 1 N–H and O–H groups in total. The number of aromatic nitrogens is 2. The van der Waals surface area contributed by atoms with Crippen LogP contribution in [-0.2, 0) is 0 Å². The van der Waals surface area contributed by atoms with Crippen molar-refractivity contribution in [2.45, 2.75) is 25.7 Å². The van der Waals surface area contributed by atoms with Gasteiger partial charge in [0.05, 0.1) is 12.0 Å². The number of anilines is 1. The Morgan fingerprint density at radius 2 is 2.26 bits per heavy atom. The predicted octanol–water partition coefficient (Wildman–Crippen LogP) is 2.00. The Kier molecular flexibility index (Phi) is 2.76. The lowest BCUT2D eigenvalue weighted by Gasteiger charge is -2.15. The molecule has 1 aromatic heterocycles. The quantitative estimate of drug-likeness (QED) is 0.624. The number of hydrogen-bond donors (Lipinski definition) is 1. The van der Waals surface area contributed by atoms with Gasteiger partial charge in [-0.3, -0.25) is 10.1 Å². The summed E-state index contributed by atoms with van der Waals surface area (Å²) >= 11 is 0. The van der Waals surface area contributed by atoms with Crippen molar-refractivity contribution in [2.24, 2.45) is 11.3 Å². The van der Waals surface area contributed by atoms with Gasteiger partial charge in [-0.05, 0) is 37.0 Å². The van der Waals surface area contributed by atoms with Gasteiger partial charge in [-0.1, -0.05) is 0 Å². The van der Waals surface area contributed by atoms with Gasteiger partial charge in [0.2, 0.25) is 5.82 Å². The van der Waals surface area contributed by atoms with Crippen LogP contribution in [0, 0.1) is 21.4 Å². The number of rotatable bonds is 6. The third kappa shape index (κ3) is 2.20. The van der Waals surface area contributed by atoms with Crippen molar-refractivity contribution < 1.29 is 9.66 Å². The average molecular weight is 264 g/mol. The van der Waals surface area contributed by atoms with Gasteiger partial charge in [-0.25, -0.2) is 4.98 Å². The minimum absolute atomic E-state index is 0.00114. The van der Waals surface area contributed by atoms with Crippen LogP contribution in [0.1, 0.15) is 25.7 Å². The maximum absolute atomic E-state index is 11.1. The third-order valence-electron chi connectivity index (χ3n) is 4.11. The van der Waals surface area contributed by atoms with Crippen LogP contribution < -0.4 is 10.1 Å². The van der Waals surface area contributed by atoms with Crippen molar-refractivity contribution in [1.82, 2.24) is 9.97 Å². The SMILES string of the molecule is COc1ncnc(NCC2(C3CC3)CC2)c1[N+](=O)[O-]. The Labute approximate surface area is 110 Å². The summed E-state index contributed by atoms with van der Waals surface area (Å²) in [6.45, 7) is 0.749. The first-order valence-electron chi connectivity index (χ1n) is 6.43. The Bertz CT molecular complexity index is 512. The van der Waals surface area contributed by atoms with Gasteiger partial charge < -0.3 is 10.1 Å². The van der Waals surface area contributed by atoms with Gasteiger partial charge in [0.25, 0.3) is 5.88 Å². The fourth-order valence-corrected chi connectivity index (χ4v) is 2.65. The molecular weight excluding hydrogens is 248 g/mol. The van der Waals surface area contributed by atoms with E-state index < -0.39 is 4.92 Å². The summed E-state index contributed by atoms with van der Waals surface area (Å²) in [5.41, 5.74) is 0.170. The van der Waals surface area contributed by atoms with Gasteiger partial charge in [0.15, 0.2) is 0 Å². The largest absolute Gasteiger partial charge is 0.476 e. The fourth-order valence-electron chi connectivity index (χ4n) is 2.65. The summed E-state index contributed by atoms with van der Waals surface area (Å²) in [5.74, 6) is 1.05. The van der Waals surface area contributed by atoms with E-state index >= 15 is 0 Å². The summed E-state index contributed by atoms with van der Waals surface area (Å²) in [6.07, 6.45) is 6.28. The first-order chi connectivity index (χ1) is 9.16. The number of ether oxygens (including phenoxy) is 1. The van der Waals surface area contributed by atoms with E-state index in [1.165, 1.54) is 39.1 Å². The van der Waals surface area contributed by atoms with Crippen LogP contribution in [0.25, 0.3) is 0 Å². The second kappa shape index (κ2) is 4.32. The minimum Gasteiger partial charge on any atom is -0.476 e. The van der Waals surface area contributed by atoms with Gasteiger partial charge in [-0.2, -0.15) is 4.98 Å². The summed E-state index contributed by atoms with van der Waals surface area (Å²) in [7, 11) is 1.37. The van der Waals surface area contributed by atoms with Crippen LogP contribution in [0.2, 0.25) is 0 Å². The highest BCUT2D eigenvalue weighted by Gasteiger charge is 2.53. The van der Waals surface area contributed by atoms with Crippen molar-refractivity contribution in [3.05, 3.63) is 16.4 Å². The molecule has 1 aromatic rings. The zero-order chi connectivity index (χ0) is 13.5. The Morgan fingerprint density at radius 1 is 1.53 bits per heavy atom. The van der Waals surface area contributed by atoms with E-state index in [0.29, 0.717) is 5.41 Å². The van der Waals surface area contributed by atoms with Crippen LogP contribution in [-0.4, -0.2) is 28.5 Å². The summed E-state index contributed by atoms with van der Waals surface area (Å²) < 4.78 is 4.92. The molecule has 2 saturated carbocycles. The van der Waals surface area contributed by atoms with Crippen LogP contribution in [0.5, 0.6) is 5.88 Å². The molecule has 7 nitrogen and oxygen atoms in total. The van der Waals surface area contributed by atoms with E-state index in [1.807, 2.05) is 0 Å². The third-order valence-corrected chi connectivity index (χ3v) is 4.11. The van der Waals surface area contributed by atoms with E-state index in [0.717, 1.165) is 12.5 Å². The van der Waals surface area contributed by atoms with Crippen molar-refractivity contribution in [1.29, 1.82) is 0 Å². The molecule has 3 rings (SSSR count). The monoisotopic (exact) mass is 264 g/mol. The second-order valence-corrected chi connectivity index (χ2v) is 5.33. The molecular formula is C12H16N4O3. The molecule has 0 aromatic carbocycles. The highest BCUT2D eigenvalue weighted by Crippen LogP contribution is 2.61. The lowest BCUT2D eigenvalue weighted by molar-refractivity contribution is -0.385. The predicted molar refractivity (Wildman–Crippen MR) is 68.1 cm³/mol. The molecule has 7 heteroatoms. The zero-order valence-electron chi connectivity index (χ0n) is 10.8. The van der Waals surface area contributed by atoms with Crippen molar-refractivity contribution in [2.75, 3.05) is 19.0 Å². The molecule has 102 valence electrons. The van der Waals surface area contributed by atoms with Crippen LogP contribution in [0.15, 0.2) is 6.33 Å².